The summed E-state index contributed by atoms with van der Waals surface area (Å²) in [4.78, 5) is 10.5. The van der Waals surface area contributed by atoms with Gasteiger partial charge in [-0.15, -0.1) is 0 Å². The van der Waals surface area contributed by atoms with Gasteiger partial charge in [0.2, 0.25) is 0 Å². The standard InChI is InChI=1S/C9H16N6S/c1-14-7-12-8(13-14)6-11-9(10)15-2-4-16-5-3-15/h7H,2-6H2,1H3,(H2,10,11). The molecule has 2 rings (SSSR count). The van der Waals surface area contributed by atoms with E-state index in [0.717, 1.165) is 24.6 Å². The summed E-state index contributed by atoms with van der Waals surface area (Å²) < 4.78 is 1.67. The molecule has 1 aromatic heterocycles. The van der Waals surface area contributed by atoms with Crippen LogP contribution < -0.4 is 5.73 Å². The van der Waals surface area contributed by atoms with Crippen molar-refractivity contribution in [2.24, 2.45) is 17.8 Å². The van der Waals surface area contributed by atoms with Crippen molar-refractivity contribution in [1.29, 1.82) is 0 Å². The van der Waals surface area contributed by atoms with Crippen LogP contribution in [0.25, 0.3) is 0 Å². The van der Waals surface area contributed by atoms with Crippen molar-refractivity contribution in [1.82, 2.24) is 19.7 Å². The smallest absolute Gasteiger partial charge is 0.191 e. The summed E-state index contributed by atoms with van der Waals surface area (Å²) in [6.45, 7) is 2.42. The molecule has 0 atom stereocenters. The molecule has 16 heavy (non-hydrogen) atoms. The van der Waals surface area contributed by atoms with Crippen LogP contribution in [0.4, 0.5) is 0 Å². The van der Waals surface area contributed by atoms with Gasteiger partial charge in [0.1, 0.15) is 12.9 Å². The normalized spacial score (nSPS) is 17.8. The summed E-state index contributed by atoms with van der Waals surface area (Å²) in [5.41, 5.74) is 5.91. The number of thioether (sulfide) groups is 1. The maximum Gasteiger partial charge on any atom is 0.191 e. The van der Waals surface area contributed by atoms with Gasteiger partial charge in [0, 0.05) is 31.6 Å². The Labute approximate surface area is 98.9 Å². The molecule has 2 N–H and O–H groups in total. The van der Waals surface area contributed by atoms with Crippen LogP contribution in [0.1, 0.15) is 5.82 Å². The molecule has 0 bridgehead atoms. The minimum atomic E-state index is 0.455. The number of hydrogen-bond donors (Lipinski definition) is 1. The first kappa shape index (κ1) is 11.3. The number of nitrogens with two attached hydrogens (primary N) is 1. The zero-order valence-corrected chi connectivity index (χ0v) is 10.2. The first-order chi connectivity index (χ1) is 7.75. The van der Waals surface area contributed by atoms with Crippen molar-refractivity contribution >= 4 is 17.7 Å². The van der Waals surface area contributed by atoms with Crippen molar-refractivity contribution in [3.8, 4) is 0 Å². The lowest BCUT2D eigenvalue weighted by Crippen LogP contribution is -2.42. The molecule has 1 saturated heterocycles. The molecule has 1 aliphatic rings. The van der Waals surface area contributed by atoms with E-state index in [2.05, 4.69) is 20.0 Å². The average molecular weight is 240 g/mol. The second-order valence-corrected chi connectivity index (χ2v) is 4.83. The second-order valence-electron chi connectivity index (χ2n) is 3.61. The van der Waals surface area contributed by atoms with Crippen molar-refractivity contribution in [2.45, 2.75) is 6.54 Å². The lowest BCUT2D eigenvalue weighted by Gasteiger charge is -2.27. The van der Waals surface area contributed by atoms with Crippen LogP contribution in [0.2, 0.25) is 0 Å². The van der Waals surface area contributed by atoms with Crippen LogP contribution in [0, 0.1) is 0 Å². The number of aryl methyl sites for hydroxylation is 1. The van der Waals surface area contributed by atoms with Gasteiger partial charge in [0.05, 0.1) is 0 Å². The summed E-state index contributed by atoms with van der Waals surface area (Å²) in [7, 11) is 1.84. The van der Waals surface area contributed by atoms with Crippen LogP contribution >= 0.6 is 11.8 Å². The number of guanidine groups is 1. The lowest BCUT2D eigenvalue weighted by molar-refractivity contribution is 0.455. The third-order valence-corrected chi connectivity index (χ3v) is 3.31. The quantitative estimate of drug-likeness (QED) is 0.566. The Morgan fingerprint density at radius 3 is 2.94 bits per heavy atom. The fourth-order valence-corrected chi connectivity index (χ4v) is 2.40. The van der Waals surface area contributed by atoms with Gasteiger partial charge in [-0.3, -0.25) is 4.68 Å². The van der Waals surface area contributed by atoms with Gasteiger partial charge in [0.15, 0.2) is 11.8 Å². The van der Waals surface area contributed by atoms with Gasteiger partial charge in [-0.25, -0.2) is 9.98 Å². The molecule has 88 valence electrons. The predicted octanol–water partition coefficient (Wildman–Crippen LogP) is -0.321. The zero-order valence-electron chi connectivity index (χ0n) is 9.33. The summed E-state index contributed by atoms with van der Waals surface area (Å²) in [6, 6.07) is 0. The number of nitrogens with zero attached hydrogens (tertiary/aromatic N) is 5. The van der Waals surface area contributed by atoms with E-state index < -0.39 is 0 Å². The number of aromatic nitrogens is 3. The van der Waals surface area contributed by atoms with E-state index in [-0.39, 0.29) is 0 Å². The molecule has 0 unspecified atom stereocenters. The van der Waals surface area contributed by atoms with Crippen LogP contribution in [0.5, 0.6) is 0 Å². The Hall–Kier alpha value is -1.24. The maximum atomic E-state index is 5.91. The van der Waals surface area contributed by atoms with E-state index in [1.54, 1.807) is 11.0 Å². The third kappa shape index (κ3) is 2.88. The van der Waals surface area contributed by atoms with Crippen LogP contribution in [-0.4, -0.2) is 50.2 Å². The fraction of sp³-hybridized carbons (Fsp3) is 0.667. The van der Waals surface area contributed by atoms with Crippen molar-refractivity contribution in [3.63, 3.8) is 0 Å². The molecule has 2 heterocycles. The number of hydrogen-bond acceptors (Lipinski definition) is 4. The zero-order chi connectivity index (χ0) is 11.4. The maximum absolute atomic E-state index is 5.91. The van der Waals surface area contributed by atoms with Crippen LogP contribution in [0.15, 0.2) is 11.3 Å². The highest BCUT2D eigenvalue weighted by atomic mass is 32.2. The molecule has 1 aromatic rings. The van der Waals surface area contributed by atoms with Gasteiger partial charge in [-0.1, -0.05) is 0 Å². The lowest BCUT2D eigenvalue weighted by atomic mass is 10.5. The molecular weight excluding hydrogens is 224 g/mol. The summed E-state index contributed by atoms with van der Waals surface area (Å²) >= 11 is 1.95. The molecule has 6 nitrogen and oxygen atoms in total. The summed E-state index contributed by atoms with van der Waals surface area (Å²) in [5.74, 6) is 3.56. The molecule has 1 aliphatic heterocycles. The van der Waals surface area contributed by atoms with Crippen molar-refractivity contribution < 1.29 is 0 Å². The highest BCUT2D eigenvalue weighted by molar-refractivity contribution is 7.99. The SMILES string of the molecule is Cn1cnc(CN=C(N)N2CCSCC2)n1. The van der Waals surface area contributed by atoms with Gasteiger partial charge in [0.25, 0.3) is 0 Å². The number of aliphatic imine (C=N–C) groups is 1. The fourth-order valence-electron chi connectivity index (χ4n) is 1.50. The van der Waals surface area contributed by atoms with Gasteiger partial charge < -0.3 is 10.6 Å². The predicted molar refractivity (Wildman–Crippen MR) is 65.2 cm³/mol. The topological polar surface area (TPSA) is 72.3 Å². The van der Waals surface area contributed by atoms with Crippen molar-refractivity contribution in [2.75, 3.05) is 24.6 Å². The molecule has 1 fully saturated rings. The first-order valence-corrected chi connectivity index (χ1v) is 6.38. The monoisotopic (exact) mass is 240 g/mol. The van der Waals surface area contributed by atoms with E-state index >= 15 is 0 Å². The summed E-state index contributed by atoms with van der Waals surface area (Å²) in [5, 5.41) is 4.15. The molecule has 7 heteroatoms. The third-order valence-electron chi connectivity index (χ3n) is 2.36. The Kier molecular flexibility index (Phi) is 3.66. The van der Waals surface area contributed by atoms with Gasteiger partial charge in [-0.05, 0) is 0 Å². The highest BCUT2D eigenvalue weighted by Gasteiger charge is 2.12. The minimum Gasteiger partial charge on any atom is -0.370 e. The van der Waals surface area contributed by atoms with E-state index in [4.69, 9.17) is 5.73 Å². The largest absolute Gasteiger partial charge is 0.370 e. The molecule has 0 amide bonds. The Balaban J connectivity index is 1.90. The second kappa shape index (κ2) is 5.20. The molecule has 0 aliphatic carbocycles. The Bertz CT molecular complexity index is 368. The van der Waals surface area contributed by atoms with Crippen LogP contribution in [-0.2, 0) is 13.6 Å². The van der Waals surface area contributed by atoms with E-state index in [0.29, 0.717) is 18.3 Å². The Morgan fingerprint density at radius 1 is 1.56 bits per heavy atom. The first-order valence-electron chi connectivity index (χ1n) is 5.23. The number of rotatable bonds is 2. The van der Waals surface area contributed by atoms with E-state index in [1.807, 2.05) is 18.8 Å². The van der Waals surface area contributed by atoms with E-state index in [9.17, 15) is 0 Å². The van der Waals surface area contributed by atoms with Crippen molar-refractivity contribution in [3.05, 3.63) is 12.2 Å². The Morgan fingerprint density at radius 2 is 2.31 bits per heavy atom. The van der Waals surface area contributed by atoms with Gasteiger partial charge >= 0.3 is 0 Å². The molecular formula is C9H16N6S. The van der Waals surface area contributed by atoms with E-state index in [1.165, 1.54) is 0 Å². The van der Waals surface area contributed by atoms with Crippen LogP contribution in [0.3, 0.4) is 0 Å². The molecule has 0 aromatic carbocycles. The highest BCUT2D eigenvalue weighted by Crippen LogP contribution is 2.08. The minimum absolute atomic E-state index is 0.455. The molecule has 0 spiro atoms. The average Bonchev–Trinajstić information content (AvgIpc) is 2.73. The molecule has 0 saturated carbocycles. The van der Waals surface area contributed by atoms with Gasteiger partial charge in [-0.2, -0.15) is 16.9 Å². The summed E-state index contributed by atoms with van der Waals surface area (Å²) in [6.07, 6.45) is 1.67. The molecule has 0 radical (unpaired) electrons.